The van der Waals surface area contributed by atoms with E-state index in [1.54, 1.807) is 24.3 Å². The molecule has 23 heavy (non-hydrogen) atoms. The van der Waals surface area contributed by atoms with Crippen LogP contribution in [0.15, 0.2) is 41.3 Å². The number of benzene rings is 1. The van der Waals surface area contributed by atoms with Gasteiger partial charge in [0.05, 0.1) is 18.4 Å². The third kappa shape index (κ3) is 2.88. The predicted octanol–water partition coefficient (Wildman–Crippen LogP) is 2.86. The van der Waals surface area contributed by atoms with Crippen molar-refractivity contribution < 1.29 is 13.9 Å². The molecular weight excluding hydrogens is 328 g/mol. The second-order valence-corrected chi connectivity index (χ2v) is 5.17. The third-order valence-electron chi connectivity index (χ3n) is 3.18. The molecule has 0 bridgehead atoms. The number of aliphatic hydroxyl groups is 1. The quantitative estimate of drug-likeness (QED) is 0.771. The fourth-order valence-electron chi connectivity index (χ4n) is 2.15. The van der Waals surface area contributed by atoms with Gasteiger partial charge in [-0.2, -0.15) is 0 Å². The van der Waals surface area contributed by atoms with Crippen LogP contribution >= 0.6 is 11.6 Å². The summed E-state index contributed by atoms with van der Waals surface area (Å²) in [6.45, 7) is -0.643. The molecule has 0 atom stereocenters. The molecule has 1 aromatic carbocycles. The van der Waals surface area contributed by atoms with E-state index in [0.29, 0.717) is 16.8 Å². The molecule has 0 saturated carbocycles. The van der Waals surface area contributed by atoms with Gasteiger partial charge in [0.2, 0.25) is 0 Å². The maximum absolute atomic E-state index is 13.9. The van der Waals surface area contributed by atoms with E-state index in [1.165, 1.54) is 0 Å². The summed E-state index contributed by atoms with van der Waals surface area (Å²) in [5.74, 6) is -1.93. The van der Waals surface area contributed by atoms with Crippen LogP contribution < -0.4 is 10.9 Å². The van der Waals surface area contributed by atoms with Crippen molar-refractivity contribution in [3.8, 4) is 0 Å². The molecule has 3 rings (SSSR count). The van der Waals surface area contributed by atoms with Crippen LogP contribution in [-0.4, -0.2) is 14.5 Å². The average Bonchev–Trinajstić information content (AvgIpc) is 2.49. The van der Waals surface area contributed by atoms with Crippen molar-refractivity contribution in [3.63, 3.8) is 0 Å². The Morgan fingerprint density at radius 1 is 1.30 bits per heavy atom. The van der Waals surface area contributed by atoms with Crippen molar-refractivity contribution in [2.75, 3.05) is 5.32 Å². The lowest BCUT2D eigenvalue weighted by Gasteiger charge is -2.12. The van der Waals surface area contributed by atoms with Crippen LogP contribution in [-0.2, 0) is 6.61 Å². The lowest BCUT2D eigenvalue weighted by molar-refractivity contribution is 0.280. The number of aliphatic hydroxyl groups excluding tert-OH is 1. The minimum atomic E-state index is -0.985. The molecule has 0 radical (unpaired) electrons. The molecule has 0 saturated heterocycles. The van der Waals surface area contributed by atoms with Gasteiger partial charge in [0.25, 0.3) is 5.56 Å². The molecule has 2 aromatic heterocycles. The Hall–Kier alpha value is -2.51. The first-order chi connectivity index (χ1) is 11.0. The summed E-state index contributed by atoms with van der Waals surface area (Å²) < 4.78 is 27.9. The number of nitrogens with zero attached hydrogens (tertiary/aromatic N) is 2. The summed E-state index contributed by atoms with van der Waals surface area (Å²) in [5.41, 5.74) is -0.725. The van der Waals surface area contributed by atoms with Crippen molar-refractivity contribution >= 4 is 28.8 Å². The van der Waals surface area contributed by atoms with Crippen LogP contribution in [0.3, 0.4) is 0 Å². The lowest BCUT2D eigenvalue weighted by atomic mass is 10.2. The SMILES string of the molecule is O=c1c(CO)c(Nc2cccc(Cl)c2)nc2c(F)cc(F)cn12. The number of anilines is 2. The molecule has 118 valence electrons. The minimum Gasteiger partial charge on any atom is -0.391 e. The molecule has 0 unspecified atom stereocenters. The Morgan fingerprint density at radius 2 is 2.09 bits per heavy atom. The highest BCUT2D eigenvalue weighted by Crippen LogP contribution is 2.21. The summed E-state index contributed by atoms with van der Waals surface area (Å²) in [6, 6.07) is 7.20. The summed E-state index contributed by atoms with van der Waals surface area (Å²) in [5, 5.41) is 12.7. The number of hydrogen-bond acceptors (Lipinski definition) is 4. The molecule has 3 aromatic rings. The Labute approximate surface area is 133 Å². The summed E-state index contributed by atoms with van der Waals surface area (Å²) in [6.07, 6.45) is 0.816. The minimum absolute atomic E-state index is 0.0229. The van der Waals surface area contributed by atoms with Gasteiger partial charge in [-0.3, -0.25) is 9.20 Å². The zero-order valence-corrected chi connectivity index (χ0v) is 12.3. The molecule has 0 fully saturated rings. The van der Waals surface area contributed by atoms with Crippen molar-refractivity contribution in [3.05, 3.63) is 69.1 Å². The fourth-order valence-corrected chi connectivity index (χ4v) is 2.34. The second-order valence-electron chi connectivity index (χ2n) is 4.74. The number of rotatable bonds is 3. The molecule has 0 aliphatic carbocycles. The van der Waals surface area contributed by atoms with Crippen LogP contribution in [0.4, 0.5) is 20.3 Å². The Bertz CT molecular complexity index is 959. The lowest BCUT2D eigenvalue weighted by Crippen LogP contribution is -2.23. The van der Waals surface area contributed by atoms with Gasteiger partial charge in [-0.05, 0) is 18.2 Å². The summed E-state index contributed by atoms with van der Waals surface area (Å²) >= 11 is 5.88. The number of hydrogen-bond donors (Lipinski definition) is 2. The second kappa shape index (κ2) is 5.94. The molecule has 5 nitrogen and oxygen atoms in total. The maximum atomic E-state index is 13.9. The number of nitrogens with one attached hydrogen (secondary N) is 1. The molecular formula is C15H10ClF2N3O2. The number of halogens is 3. The molecule has 0 aliphatic heterocycles. The number of aromatic nitrogens is 2. The van der Waals surface area contributed by atoms with E-state index in [2.05, 4.69) is 10.3 Å². The predicted molar refractivity (Wildman–Crippen MR) is 82.0 cm³/mol. The van der Waals surface area contributed by atoms with E-state index in [-0.39, 0.29) is 17.0 Å². The molecule has 8 heteroatoms. The zero-order chi connectivity index (χ0) is 16.6. The van der Waals surface area contributed by atoms with Gasteiger partial charge in [-0.15, -0.1) is 0 Å². The Balaban J connectivity index is 2.22. The van der Waals surface area contributed by atoms with Gasteiger partial charge >= 0.3 is 0 Å². The van der Waals surface area contributed by atoms with Gasteiger partial charge < -0.3 is 10.4 Å². The normalized spacial score (nSPS) is 11.0. The van der Waals surface area contributed by atoms with Crippen LogP contribution in [0.2, 0.25) is 5.02 Å². The van der Waals surface area contributed by atoms with Gasteiger partial charge in [0, 0.05) is 16.8 Å². The first kappa shape index (κ1) is 15.4. The molecule has 0 amide bonds. The summed E-state index contributed by atoms with van der Waals surface area (Å²) in [7, 11) is 0. The van der Waals surface area contributed by atoms with Gasteiger partial charge in [0.1, 0.15) is 11.6 Å². The highest BCUT2D eigenvalue weighted by molar-refractivity contribution is 6.30. The van der Waals surface area contributed by atoms with Gasteiger partial charge in [-0.1, -0.05) is 17.7 Å². The smallest absolute Gasteiger partial charge is 0.265 e. The molecule has 0 spiro atoms. The van der Waals surface area contributed by atoms with Gasteiger partial charge in [-0.25, -0.2) is 13.8 Å². The highest BCUT2D eigenvalue weighted by Gasteiger charge is 2.16. The van der Waals surface area contributed by atoms with Crippen molar-refractivity contribution in [2.24, 2.45) is 0 Å². The van der Waals surface area contributed by atoms with Crippen molar-refractivity contribution in [1.29, 1.82) is 0 Å². The monoisotopic (exact) mass is 337 g/mol. The first-order valence-corrected chi connectivity index (χ1v) is 6.91. The van der Waals surface area contributed by atoms with E-state index in [4.69, 9.17) is 11.6 Å². The zero-order valence-electron chi connectivity index (χ0n) is 11.6. The highest BCUT2D eigenvalue weighted by atomic mass is 35.5. The van der Waals surface area contributed by atoms with E-state index in [1.807, 2.05) is 0 Å². The topological polar surface area (TPSA) is 66.6 Å². The van der Waals surface area contributed by atoms with E-state index in [9.17, 15) is 18.7 Å². The van der Waals surface area contributed by atoms with Crippen LogP contribution in [0.25, 0.3) is 5.65 Å². The van der Waals surface area contributed by atoms with Crippen molar-refractivity contribution in [1.82, 2.24) is 9.38 Å². The largest absolute Gasteiger partial charge is 0.391 e. The molecule has 0 aliphatic rings. The average molecular weight is 338 g/mol. The third-order valence-corrected chi connectivity index (χ3v) is 3.42. The number of pyridine rings is 1. The molecule has 2 N–H and O–H groups in total. The Kier molecular flexibility index (Phi) is 3.97. The van der Waals surface area contributed by atoms with Gasteiger partial charge in [0.15, 0.2) is 11.5 Å². The van der Waals surface area contributed by atoms with E-state index < -0.39 is 23.8 Å². The van der Waals surface area contributed by atoms with Crippen LogP contribution in [0, 0.1) is 11.6 Å². The standard InChI is InChI=1S/C15H10ClF2N3O2/c16-8-2-1-3-10(4-8)19-13-11(7-22)15(23)21-6-9(17)5-12(18)14(21)20-13/h1-6,19,22H,7H2. The summed E-state index contributed by atoms with van der Waals surface area (Å²) in [4.78, 5) is 16.3. The molecule has 2 heterocycles. The van der Waals surface area contributed by atoms with Crippen molar-refractivity contribution in [2.45, 2.75) is 6.61 Å². The Morgan fingerprint density at radius 3 is 2.78 bits per heavy atom. The number of fused-ring (bicyclic) bond motifs is 1. The maximum Gasteiger partial charge on any atom is 0.265 e. The van der Waals surface area contributed by atoms with E-state index >= 15 is 0 Å². The van der Waals surface area contributed by atoms with Crippen LogP contribution in [0.1, 0.15) is 5.56 Å². The fraction of sp³-hybridized carbons (Fsp3) is 0.0667. The first-order valence-electron chi connectivity index (χ1n) is 6.53. The van der Waals surface area contributed by atoms with E-state index in [0.717, 1.165) is 10.6 Å². The van der Waals surface area contributed by atoms with Crippen LogP contribution in [0.5, 0.6) is 0 Å².